The van der Waals surface area contributed by atoms with Crippen LogP contribution in [0.5, 0.6) is 0 Å². The van der Waals surface area contributed by atoms with Gasteiger partial charge >= 0.3 is 5.97 Å². The van der Waals surface area contributed by atoms with E-state index in [-0.39, 0.29) is 6.42 Å². The van der Waals surface area contributed by atoms with Crippen LogP contribution in [0.4, 0.5) is 0 Å². The van der Waals surface area contributed by atoms with E-state index in [1.807, 2.05) is 37.3 Å². The molecule has 0 bridgehead atoms. The third kappa shape index (κ3) is 4.21. The maximum atomic E-state index is 10.5. The van der Waals surface area contributed by atoms with E-state index < -0.39 is 5.97 Å². The minimum absolute atomic E-state index is 0.0955. The van der Waals surface area contributed by atoms with Gasteiger partial charge in [-0.2, -0.15) is 0 Å². The van der Waals surface area contributed by atoms with Crippen molar-refractivity contribution in [3.63, 3.8) is 0 Å². The van der Waals surface area contributed by atoms with E-state index in [2.05, 4.69) is 9.97 Å². The molecule has 1 N–H and O–H groups in total. The Labute approximate surface area is 126 Å². The van der Waals surface area contributed by atoms with Crippen molar-refractivity contribution < 1.29 is 9.90 Å². The smallest absolute Gasteiger partial charge is 0.304 e. The summed E-state index contributed by atoms with van der Waals surface area (Å²) < 4.78 is 0. The second-order valence-corrected chi connectivity index (χ2v) is 5.67. The van der Waals surface area contributed by atoms with Crippen molar-refractivity contribution in [3.8, 4) is 11.3 Å². The summed E-state index contributed by atoms with van der Waals surface area (Å²) in [5.74, 6) is -0.359. The monoisotopic (exact) mass is 308 g/mol. The highest BCUT2D eigenvalue weighted by atomic mass is 35.5. The molecule has 2 rings (SSSR count). The molecule has 0 spiro atoms. The van der Waals surface area contributed by atoms with Crippen molar-refractivity contribution in [2.45, 2.75) is 18.5 Å². The number of aromatic nitrogens is 2. The molecule has 0 atom stereocenters. The van der Waals surface area contributed by atoms with E-state index in [1.54, 1.807) is 0 Å². The number of carbonyl (C=O) groups is 1. The molecule has 104 valence electrons. The fourth-order valence-corrected chi connectivity index (χ4v) is 2.56. The predicted octanol–water partition coefficient (Wildman–Crippen LogP) is 3.67. The van der Waals surface area contributed by atoms with Gasteiger partial charge in [-0.1, -0.05) is 35.5 Å². The Balaban J connectivity index is 2.19. The summed E-state index contributed by atoms with van der Waals surface area (Å²) in [6.45, 7) is 1.89. The van der Waals surface area contributed by atoms with Crippen LogP contribution in [0.15, 0.2) is 35.5 Å². The molecule has 0 aliphatic heterocycles. The lowest BCUT2D eigenvalue weighted by Crippen LogP contribution is -1.98. The molecule has 0 fully saturated rings. The Bertz CT molecular complexity index is 617. The van der Waals surface area contributed by atoms with Gasteiger partial charge < -0.3 is 5.11 Å². The van der Waals surface area contributed by atoms with Crippen LogP contribution in [0.1, 0.15) is 12.1 Å². The van der Waals surface area contributed by atoms with Crippen LogP contribution in [-0.4, -0.2) is 26.8 Å². The van der Waals surface area contributed by atoms with Crippen LogP contribution in [0.25, 0.3) is 11.3 Å². The Hall–Kier alpha value is -1.59. The molecular formula is C14H13ClN2O2S. The standard InChI is InChI=1S/C14H13ClN2O2S/c1-9-8-12(10-2-4-11(15)5-3-10)17-14(16-9)20-7-6-13(18)19/h2-5,8H,6-7H2,1H3,(H,18,19). The number of thioether (sulfide) groups is 1. The highest BCUT2D eigenvalue weighted by Gasteiger charge is 2.06. The quantitative estimate of drug-likeness (QED) is 0.674. The SMILES string of the molecule is Cc1cc(-c2ccc(Cl)cc2)nc(SCCC(=O)O)n1. The van der Waals surface area contributed by atoms with Gasteiger partial charge in [0.2, 0.25) is 0 Å². The summed E-state index contributed by atoms with van der Waals surface area (Å²) >= 11 is 7.21. The number of carboxylic acid groups (broad SMARTS) is 1. The average molecular weight is 309 g/mol. The van der Waals surface area contributed by atoms with Crippen molar-refractivity contribution in [2.75, 3.05) is 5.75 Å². The number of benzene rings is 1. The van der Waals surface area contributed by atoms with Crippen molar-refractivity contribution in [3.05, 3.63) is 41.0 Å². The van der Waals surface area contributed by atoms with Crippen molar-refractivity contribution in [2.24, 2.45) is 0 Å². The first-order chi connectivity index (χ1) is 9.54. The zero-order valence-corrected chi connectivity index (χ0v) is 12.4. The molecule has 2 aromatic rings. The van der Waals surface area contributed by atoms with E-state index >= 15 is 0 Å². The number of carboxylic acids is 1. The molecule has 4 nitrogen and oxygen atoms in total. The fraction of sp³-hybridized carbons (Fsp3) is 0.214. The normalized spacial score (nSPS) is 10.5. The lowest BCUT2D eigenvalue weighted by atomic mass is 10.1. The van der Waals surface area contributed by atoms with E-state index in [9.17, 15) is 4.79 Å². The molecule has 0 radical (unpaired) electrons. The molecule has 0 saturated heterocycles. The summed E-state index contributed by atoms with van der Waals surface area (Å²) in [5.41, 5.74) is 2.62. The van der Waals surface area contributed by atoms with E-state index in [0.29, 0.717) is 15.9 Å². The predicted molar refractivity (Wildman–Crippen MR) is 80.2 cm³/mol. The number of hydrogen-bond acceptors (Lipinski definition) is 4. The van der Waals surface area contributed by atoms with Crippen LogP contribution in [0, 0.1) is 6.92 Å². The third-order valence-corrected chi connectivity index (χ3v) is 3.62. The van der Waals surface area contributed by atoms with Crippen molar-refractivity contribution >= 4 is 29.3 Å². The first-order valence-electron chi connectivity index (χ1n) is 6.01. The first-order valence-corrected chi connectivity index (χ1v) is 7.37. The molecule has 0 aliphatic rings. The number of nitrogens with zero attached hydrogens (tertiary/aromatic N) is 2. The molecule has 20 heavy (non-hydrogen) atoms. The molecule has 1 heterocycles. The van der Waals surface area contributed by atoms with Crippen molar-refractivity contribution in [1.29, 1.82) is 0 Å². The van der Waals surface area contributed by atoms with E-state index in [0.717, 1.165) is 17.0 Å². The van der Waals surface area contributed by atoms with Gasteiger partial charge in [0.25, 0.3) is 0 Å². The summed E-state index contributed by atoms with van der Waals surface area (Å²) in [6.07, 6.45) is 0.0955. The van der Waals surface area contributed by atoms with Gasteiger partial charge in [0.15, 0.2) is 5.16 Å². The highest BCUT2D eigenvalue weighted by Crippen LogP contribution is 2.23. The first kappa shape index (κ1) is 14.8. The number of rotatable bonds is 5. The van der Waals surface area contributed by atoms with Crippen LogP contribution < -0.4 is 0 Å². The second-order valence-electron chi connectivity index (χ2n) is 4.18. The van der Waals surface area contributed by atoms with Crippen molar-refractivity contribution in [1.82, 2.24) is 9.97 Å². The van der Waals surface area contributed by atoms with E-state index in [1.165, 1.54) is 11.8 Å². The van der Waals surface area contributed by atoms with Crippen LogP contribution in [0.3, 0.4) is 0 Å². The highest BCUT2D eigenvalue weighted by molar-refractivity contribution is 7.99. The molecule has 1 aromatic carbocycles. The summed E-state index contributed by atoms with van der Waals surface area (Å²) in [4.78, 5) is 19.3. The van der Waals surface area contributed by atoms with Gasteiger partial charge in [-0.3, -0.25) is 4.79 Å². The molecule has 1 aromatic heterocycles. The van der Waals surface area contributed by atoms with Gasteiger partial charge in [-0.15, -0.1) is 0 Å². The Morgan fingerprint density at radius 2 is 2.00 bits per heavy atom. The van der Waals surface area contributed by atoms with Gasteiger partial charge in [-0.25, -0.2) is 9.97 Å². The number of aryl methyl sites for hydroxylation is 1. The molecule has 6 heteroatoms. The molecule has 0 unspecified atom stereocenters. The second kappa shape index (κ2) is 6.72. The zero-order valence-electron chi connectivity index (χ0n) is 10.8. The van der Waals surface area contributed by atoms with Gasteiger partial charge in [-0.05, 0) is 25.1 Å². The van der Waals surface area contributed by atoms with Crippen LogP contribution in [0.2, 0.25) is 5.02 Å². The number of aliphatic carboxylic acids is 1. The summed E-state index contributed by atoms with van der Waals surface area (Å²) in [7, 11) is 0. The Kier molecular flexibility index (Phi) is 4.98. The molecular weight excluding hydrogens is 296 g/mol. The third-order valence-electron chi connectivity index (χ3n) is 2.52. The molecule has 0 aliphatic carbocycles. The van der Waals surface area contributed by atoms with Gasteiger partial charge in [0.1, 0.15) is 0 Å². The minimum Gasteiger partial charge on any atom is -0.481 e. The fourth-order valence-electron chi connectivity index (χ4n) is 1.60. The Morgan fingerprint density at radius 1 is 1.30 bits per heavy atom. The topological polar surface area (TPSA) is 63.1 Å². The summed E-state index contributed by atoms with van der Waals surface area (Å²) in [6, 6.07) is 9.31. The molecule has 0 amide bonds. The average Bonchev–Trinajstić information content (AvgIpc) is 2.38. The Morgan fingerprint density at radius 3 is 2.65 bits per heavy atom. The summed E-state index contributed by atoms with van der Waals surface area (Å²) in [5, 5.41) is 9.91. The number of halogens is 1. The zero-order chi connectivity index (χ0) is 14.5. The number of hydrogen-bond donors (Lipinski definition) is 1. The maximum Gasteiger partial charge on any atom is 0.304 e. The van der Waals surface area contributed by atoms with Crippen LogP contribution in [-0.2, 0) is 4.79 Å². The van der Waals surface area contributed by atoms with Gasteiger partial charge in [0.05, 0.1) is 12.1 Å². The largest absolute Gasteiger partial charge is 0.481 e. The maximum absolute atomic E-state index is 10.5. The molecule has 0 saturated carbocycles. The lowest BCUT2D eigenvalue weighted by molar-refractivity contribution is -0.136. The van der Waals surface area contributed by atoms with Gasteiger partial charge in [0, 0.05) is 22.0 Å². The minimum atomic E-state index is -0.817. The lowest BCUT2D eigenvalue weighted by Gasteiger charge is -2.05. The van der Waals surface area contributed by atoms with E-state index in [4.69, 9.17) is 16.7 Å². The van der Waals surface area contributed by atoms with Crippen LogP contribution >= 0.6 is 23.4 Å².